The highest BCUT2D eigenvalue weighted by molar-refractivity contribution is 5.73. The molecule has 0 aliphatic rings. The van der Waals surface area contributed by atoms with Crippen molar-refractivity contribution in [2.24, 2.45) is 0 Å². The van der Waals surface area contributed by atoms with Gasteiger partial charge in [-0.15, -0.1) is 0 Å². The topological polar surface area (TPSA) is 29.5 Å². The second kappa shape index (κ2) is 7.48. The fraction of sp³-hybridized carbons (Fsp3) is 0.278. The van der Waals surface area contributed by atoms with Crippen molar-refractivity contribution in [3.05, 3.63) is 65.7 Å². The maximum atomic E-state index is 11.8. The van der Waals surface area contributed by atoms with Crippen molar-refractivity contribution in [2.45, 2.75) is 19.9 Å². The molecule has 0 spiro atoms. The zero-order valence-electron chi connectivity index (χ0n) is 12.6. The van der Waals surface area contributed by atoms with Crippen molar-refractivity contribution in [2.75, 3.05) is 13.7 Å². The second-order valence-corrected chi connectivity index (χ2v) is 5.02. The Hall–Kier alpha value is -2.29. The minimum Gasteiger partial charge on any atom is -0.497 e. The van der Waals surface area contributed by atoms with Gasteiger partial charge in [-0.3, -0.25) is 4.79 Å². The second-order valence-electron chi connectivity index (χ2n) is 5.02. The number of carbonyl (C=O) groups excluding carboxylic acids is 1. The van der Waals surface area contributed by atoms with Crippen LogP contribution >= 0.6 is 0 Å². The van der Waals surface area contributed by atoms with Crippen LogP contribution in [0, 0.1) is 0 Å². The van der Waals surface area contributed by atoms with Crippen molar-refractivity contribution in [3.63, 3.8) is 0 Å². The van der Waals surface area contributed by atoms with E-state index in [0.29, 0.717) is 6.54 Å². The van der Waals surface area contributed by atoms with Crippen LogP contribution in [0.25, 0.3) is 0 Å². The molecular formula is C18H21NO2. The zero-order valence-corrected chi connectivity index (χ0v) is 12.6. The van der Waals surface area contributed by atoms with Crippen molar-refractivity contribution >= 4 is 5.91 Å². The summed E-state index contributed by atoms with van der Waals surface area (Å²) in [6.45, 7) is 2.98. The summed E-state index contributed by atoms with van der Waals surface area (Å²) < 4.78 is 5.15. The third-order valence-corrected chi connectivity index (χ3v) is 3.49. The summed E-state index contributed by atoms with van der Waals surface area (Å²) >= 11 is 0. The predicted octanol–water partition coefficient (Wildman–Crippen LogP) is 3.29. The standard InChI is InChI=1S/C18H21NO2/c1-15(20)19(13-12-16-6-4-3-5-7-16)14-17-8-10-18(21-2)11-9-17/h3-11H,12-14H2,1-2H3. The molecule has 0 bridgehead atoms. The van der Waals surface area contributed by atoms with Crippen LogP contribution in [0.4, 0.5) is 0 Å². The van der Waals surface area contributed by atoms with Crippen LogP contribution in [0.5, 0.6) is 5.75 Å². The summed E-state index contributed by atoms with van der Waals surface area (Å²) in [5, 5.41) is 0. The summed E-state index contributed by atoms with van der Waals surface area (Å²) in [6, 6.07) is 18.1. The molecule has 0 atom stereocenters. The molecule has 3 heteroatoms. The van der Waals surface area contributed by atoms with Gasteiger partial charge in [0, 0.05) is 20.0 Å². The molecule has 0 heterocycles. The highest BCUT2D eigenvalue weighted by Crippen LogP contribution is 2.13. The Morgan fingerprint density at radius 3 is 2.24 bits per heavy atom. The van der Waals surface area contributed by atoms with Gasteiger partial charge in [0.05, 0.1) is 7.11 Å². The number of nitrogens with zero attached hydrogens (tertiary/aromatic N) is 1. The van der Waals surface area contributed by atoms with E-state index in [2.05, 4.69) is 12.1 Å². The van der Waals surface area contributed by atoms with Gasteiger partial charge in [-0.1, -0.05) is 42.5 Å². The van der Waals surface area contributed by atoms with E-state index in [1.54, 1.807) is 14.0 Å². The predicted molar refractivity (Wildman–Crippen MR) is 84.2 cm³/mol. The molecular weight excluding hydrogens is 262 g/mol. The average Bonchev–Trinajstić information content (AvgIpc) is 2.52. The first-order valence-electron chi connectivity index (χ1n) is 7.11. The Morgan fingerprint density at radius 2 is 1.67 bits per heavy atom. The number of methoxy groups -OCH3 is 1. The van der Waals surface area contributed by atoms with Crippen LogP contribution in [0.3, 0.4) is 0 Å². The highest BCUT2D eigenvalue weighted by atomic mass is 16.5. The fourth-order valence-electron chi connectivity index (χ4n) is 2.21. The molecule has 0 fully saturated rings. The molecule has 0 N–H and O–H groups in total. The lowest BCUT2D eigenvalue weighted by Crippen LogP contribution is -2.30. The molecule has 0 radical (unpaired) electrons. The van der Waals surface area contributed by atoms with E-state index in [1.165, 1.54) is 5.56 Å². The minimum absolute atomic E-state index is 0.0988. The largest absolute Gasteiger partial charge is 0.497 e. The lowest BCUT2D eigenvalue weighted by atomic mass is 10.1. The Kier molecular flexibility index (Phi) is 5.38. The summed E-state index contributed by atoms with van der Waals surface area (Å²) in [5.74, 6) is 0.930. The summed E-state index contributed by atoms with van der Waals surface area (Å²) in [6.07, 6.45) is 0.872. The molecule has 2 rings (SSSR count). The zero-order chi connectivity index (χ0) is 15.1. The number of ether oxygens (including phenoxy) is 1. The van der Waals surface area contributed by atoms with Gasteiger partial charge in [0.1, 0.15) is 5.75 Å². The smallest absolute Gasteiger partial charge is 0.219 e. The molecule has 0 saturated carbocycles. The van der Waals surface area contributed by atoms with E-state index >= 15 is 0 Å². The van der Waals surface area contributed by atoms with Gasteiger partial charge < -0.3 is 9.64 Å². The van der Waals surface area contributed by atoms with E-state index < -0.39 is 0 Å². The fourth-order valence-corrected chi connectivity index (χ4v) is 2.21. The molecule has 0 aromatic heterocycles. The number of rotatable bonds is 6. The monoisotopic (exact) mass is 283 g/mol. The molecule has 0 unspecified atom stereocenters. The molecule has 21 heavy (non-hydrogen) atoms. The van der Waals surface area contributed by atoms with E-state index in [9.17, 15) is 4.79 Å². The summed E-state index contributed by atoms with van der Waals surface area (Å²) in [4.78, 5) is 13.7. The van der Waals surface area contributed by atoms with Crippen molar-refractivity contribution < 1.29 is 9.53 Å². The first kappa shape index (κ1) is 15.1. The number of hydrogen-bond acceptors (Lipinski definition) is 2. The Labute approximate surface area is 126 Å². The minimum atomic E-state index is 0.0988. The van der Waals surface area contributed by atoms with Gasteiger partial charge >= 0.3 is 0 Å². The highest BCUT2D eigenvalue weighted by Gasteiger charge is 2.09. The van der Waals surface area contributed by atoms with Crippen LogP contribution in [0.2, 0.25) is 0 Å². The lowest BCUT2D eigenvalue weighted by Gasteiger charge is -2.21. The van der Waals surface area contributed by atoms with Crippen LogP contribution in [0.15, 0.2) is 54.6 Å². The Morgan fingerprint density at radius 1 is 1.00 bits per heavy atom. The first-order chi connectivity index (χ1) is 10.2. The first-order valence-corrected chi connectivity index (χ1v) is 7.11. The molecule has 110 valence electrons. The number of hydrogen-bond donors (Lipinski definition) is 0. The van der Waals surface area contributed by atoms with Crippen LogP contribution in [0.1, 0.15) is 18.1 Å². The molecule has 3 nitrogen and oxygen atoms in total. The summed E-state index contributed by atoms with van der Waals surface area (Å²) in [7, 11) is 1.65. The Bertz CT molecular complexity index is 564. The molecule has 2 aromatic rings. The van der Waals surface area contributed by atoms with Gasteiger partial charge in [0.2, 0.25) is 5.91 Å². The third-order valence-electron chi connectivity index (χ3n) is 3.49. The molecule has 1 amide bonds. The van der Waals surface area contributed by atoms with Gasteiger partial charge in [-0.05, 0) is 29.7 Å². The Balaban J connectivity index is 1.96. The van der Waals surface area contributed by atoms with E-state index in [-0.39, 0.29) is 5.91 Å². The van der Waals surface area contributed by atoms with E-state index in [1.807, 2.05) is 47.4 Å². The maximum absolute atomic E-state index is 11.8. The molecule has 0 saturated heterocycles. The van der Waals surface area contributed by atoms with E-state index in [4.69, 9.17) is 4.74 Å². The quantitative estimate of drug-likeness (QED) is 0.814. The van der Waals surface area contributed by atoms with Crippen molar-refractivity contribution in [3.8, 4) is 5.75 Å². The molecule has 2 aromatic carbocycles. The van der Waals surface area contributed by atoms with Crippen molar-refractivity contribution in [1.82, 2.24) is 4.90 Å². The lowest BCUT2D eigenvalue weighted by molar-refractivity contribution is -0.129. The van der Waals surface area contributed by atoms with E-state index in [0.717, 1.165) is 24.3 Å². The van der Waals surface area contributed by atoms with Gasteiger partial charge in [0.25, 0.3) is 0 Å². The average molecular weight is 283 g/mol. The van der Waals surface area contributed by atoms with Gasteiger partial charge in [-0.25, -0.2) is 0 Å². The van der Waals surface area contributed by atoms with Gasteiger partial charge in [0.15, 0.2) is 0 Å². The van der Waals surface area contributed by atoms with Crippen molar-refractivity contribution in [1.29, 1.82) is 0 Å². The SMILES string of the molecule is COc1ccc(CN(CCc2ccccc2)C(C)=O)cc1. The van der Waals surface area contributed by atoms with Crippen LogP contribution < -0.4 is 4.74 Å². The number of benzene rings is 2. The third kappa shape index (κ3) is 4.63. The maximum Gasteiger partial charge on any atom is 0.219 e. The number of amides is 1. The normalized spacial score (nSPS) is 10.2. The number of carbonyl (C=O) groups is 1. The molecule has 0 aliphatic heterocycles. The van der Waals surface area contributed by atoms with Crippen LogP contribution in [-0.2, 0) is 17.8 Å². The molecule has 0 aliphatic carbocycles. The van der Waals surface area contributed by atoms with Crippen LogP contribution in [-0.4, -0.2) is 24.5 Å². The van der Waals surface area contributed by atoms with Gasteiger partial charge in [-0.2, -0.15) is 0 Å². The summed E-state index contributed by atoms with van der Waals surface area (Å²) in [5.41, 5.74) is 2.36.